The van der Waals surface area contributed by atoms with E-state index in [-0.39, 0.29) is 11.8 Å². The molecule has 1 aromatic heterocycles. The fourth-order valence-electron chi connectivity index (χ4n) is 3.04. The average Bonchev–Trinajstić information content (AvgIpc) is 2.84. The molecule has 0 spiro atoms. The van der Waals surface area contributed by atoms with E-state index >= 15 is 0 Å². The number of rotatable bonds is 7. The van der Waals surface area contributed by atoms with E-state index in [2.05, 4.69) is 10.3 Å². The number of nitrogens with one attached hydrogen (secondary N) is 1. The smallest absolute Gasteiger partial charge is 0.251 e. The third-order valence-corrected chi connectivity index (χ3v) is 4.76. The highest BCUT2D eigenvalue weighted by atomic mass is 16.2. The van der Waals surface area contributed by atoms with Crippen LogP contribution in [0.4, 0.5) is 0 Å². The zero-order valence-electron chi connectivity index (χ0n) is 18.8. The molecule has 5 nitrogen and oxygen atoms in total. The Balaban J connectivity index is 0.00000166. The molecule has 2 amide bonds. The Kier molecular flexibility index (Phi) is 9.43. The van der Waals surface area contributed by atoms with Crippen molar-refractivity contribution in [2.24, 2.45) is 0 Å². The standard InChI is InChI=1S/C24H25N3O2.C2H6/c1-3-23(28)27(2)17-18-6-8-20(9-7-18)21-10-12-22(13-11-21)24(29)26-16-19-5-4-14-25-15-19;1-2/h4-15H,3,16-17H2,1-2H3,(H,26,29);1-2H3. The summed E-state index contributed by atoms with van der Waals surface area (Å²) in [5.74, 6) is 0.0193. The molecule has 31 heavy (non-hydrogen) atoms. The number of nitrogens with zero attached hydrogens (tertiary/aromatic N) is 2. The van der Waals surface area contributed by atoms with E-state index in [1.54, 1.807) is 17.3 Å². The molecule has 0 fully saturated rings. The van der Waals surface area contributed by atoms with Gasteiger partial charge in [0, 0.05) is 44.5 Å². The van der Waals surface area contributed by atoms with Crippen LogP contribution in [0.2, 0.25) is 0 Å². The van der Waals surface area contributed by atoms with Crippen molar-refractivity contribution < 1.29 is 9.59 Å². The van der Waals surface area contributed by atoms with Crippen LogP contribution in [0.15, 0.2) is 73.1 Å². The predicted octanol–water partition coefficient (Wildman–Crippen LogP) is 5.07. The van der Waals surface area contributed by atoms with Crippen LogP contribution >= 0.6 is 0 Å². The lowest BCUT2D eigenvalue weighted by molar-refractivity contribution is -0.130. The Morgan fingerprint density at radius 1 is 0.903 bits per heavy atom. The van der Waals surface area contributed by atoms with Gasteiger partial charge >= 0.3 is 0 Å². The highest BCUT2D eigenvalue weighted by molar-refractivity contribution is 5.94. The van der Waals surface area contributed by atoms with Gasteiger partial charge in [-0.2, -0.15) is 0 Å². The first kappa shape index (κ1) is 23.8. The lowest BCUT2D eigenvalue weighted by atomic mass is 10.0. The summed E-state index contributed by atoms with van der Waals surface area (Å²) in [6, 6.07) is 19.5. The number of carbonyl (C=O) groups is 2. The van der Waals surface area contributed by atoms with Crippen molar-refractivity contribution >= 4 is 11.8 Å². The SMILES string of the molecule is CC.CCC(=O)N(C)Cc1ccc(-c2ccc(C(=O)NCc3cccnc3)cc2)cc1. The number of aromatic nitrogens is 1. The number of pyridine rings is 1. The predicted molar refractivity (Wildman–Crippen MR) is 125 cm³/mol. The van der Waals surface area contributed by atoms with E-state index in [4.69, 9.17) is 0 Å². The number of hydrogen-bond donors (Lipinski definition) is 1. The summed E-state index contributed by atoms with van der Waals surface area (Å²) < 4.78 is 0. The molecule has 0 saturated heterocycles. The van der Waals surface area contributed by atoms with Crippen LogP contribution in [0.1, 0.15) is 48.7 Å². The van der Waals surface area contributed by atoms with Gasteiger partial charge in [0.2, 0.25) is 5.91 Å². The van der Waals surface area contributed by atoms with Gasteiger partial charge in [0.25, 0.3) is 5.91 Å². The van der Waals surface area contributed by atoms with Crippen molar-refractivity contribution in [3.05, 3.63) is 89.7 Å². The molecule has 1 heterocycles. The van der Waals surface area contributed by atoms with Gasteiger partial charge in [-0.15, -0.1) is 0 Å². The molecule has 0 aliphatic heterocycles. The summed E-state index contributed by atoms with van der Waals surface area (Å²) in [6.45, 7) is 6.92. The molecular formula is C26H31N3O2. The minimum atomic E-state index is -0.112. The molecule has 0 bridgehead atoms. The molecule has 3 rings (SSSR count). The molecule has 5 heteroatoms. The highest BCUT2D eigenvalue weighted by Crippen LogP contribution is 2.21. The molecule has 0 saturated carbocycles. The largest absolute Gasteiger partial charge is 0.348 e. The zero-order valence-corrected chi connectivity index (χ0v) is 18.8. The van der Waals surface area contributed by atoms with Gasteiger partial charge in [-0.3, -0.25) is 14.6 Å². The van der Waals surface area contributed by atoms with E-state index in [1.807, 2.05) is 88.5 Å². The van der Waals surface area contributed by atoms with Gasteiger partial charge in [0.15, 0.2) is 0 Å². The van der Waals surface area contributed by atoms with E-state index in [0.717, 1.165) is 22.3 Å². The van der Waals surface area contributed by atoms with Crippen LogP contribution in [0, 0.1) is 0 Å². The van der Waals surface area contributed by atoms with Crippen molar-refractivity contribution in [1.82, 2.24) is 15.2 Å². The maximum atomic E-state index is 12.3. The minimum absolute atomic E-state index is 0.112. The van der Waals surface area contributed by atoms with Gasteiger partial charge in [-0.05, 0) is 40.5 Å². The Bertz CT molecular complexity index is 952. The molecule has 3 aromatic rings. The number of benzene rings is 2. The van der Waals surface area contributed by atoms with Crippen LogP contribution in [0.3, 0.4) is 0 Å². The second-order valence-electron chi connectivity index (χ2n) is 6.92. The molecule has 2 aromatic carbocycles. The summed E-state index contributed by atoms with van der Waals surface area (Å²) in [7, 11) is 1.82. The van der Waals surface area contributed by atoms with Crippen LogP contribution in [-0.4, -0.2) is 28.7 Å². The molecular weight excluding hydrogens is 386 g/mol. The molecule has 0 atom stereocenters. The van der Waals surface area contributed by atoms with Crippen molar-refractivity contribution in [2.75, 3.05) is 7.05 Å². The van der Waals surface area contributed by atoms with Crippen molar-refractivity contribution in [2.45, 2.75) is 40.3 Å². The fraction of sp³-hybridized carbons (Fsp3) is 0.269. The average molecular weight is 418 g/mol. The Morgan fingerprint density at radius 2 is 1.52 bits per heavy atom. The first-order valence-electron chi connectivity index (χ1n) is 10.7. The van der Waals surface area contributed by atoms with Crippen LogP contribution in [0.25, 0.3) is 11.1 Å². The van der Waals surface area contributed by atoms with E-state index in [1.165, 1.54) is 0 Å². The minimum Gasteiger partial charge on any atom is -0.348 e. The van der Waals surface area contributed by atoms with Crippen molar-refractivity contribution in [3.63, 3.8) is 0 Å². The van der Waals surface area contributed by atoms with Gasteiger partial charge in [0.05, 0.1) is 0 Å². The molecule has 0 radical (unpaired) electrons. The Hall–Kier alpha value is -3.47. The van der Waals surface area contributed by atoms with Gasteiger partial charge < -0.3 is 10.2 Å². The Morgan fingerprint density at radius 3 is 2.06 bits per heavy atom. The van der Waals surface area contributed by atoms with Gasteiger partial charge in [-0.25, -0.2) is 0 Å². The lowest BCUT2D eigenvalue weighted by Gasteiger charge is -2.16. The fourth-order valence-corrected chi connectivity index (χ4v) is 3.04. The summed E-state index contributed by atoms with van der Waals surface area (Å²) in [6.07, 6.45) is 3.96. The van der Waals surface area contributed by atoms with Crippen LogP contribution in [-0.2, 0) is 17.9 Å². The second-order valence-corrected chi connectivity index (χ2v) is 6.92. The van der Waals surface area contributed by atoms with E-state index < -0.39 is 0 Å². The first-order valence-corrected chi connectivity index (χ1v) is 10.7. The van der Waals surface area contributed by atoms with Crippen molar-refractivity contribution in [1.29, 1.82) is 0 Å². The summed E-state index contributed by atoms with van der Waals surface area (Å²) in [4.78, 5) is 29.8. The first-order chi connectivity index (χ1) is 15.1. The van der Waals surface area contributed by atoms with E-state index in [0.29, 0.717) is 25.1 Å². The normalized spacial score (nSPS) is 9.94. The van der Waals surface area contributed by atoms with Crippen LogP contribution < -0.4 is 5.32 Å². The lowest BCUT2D eigenvalue weighted by Crippen LogP contribution is -2.25. The zero-order chi connectivity index (χ0) is 22.6. The summed E-state index contributed by atoms with van der Waals surface area (Å²) >= 11 is 0. The maximum absolute atomic E-state index is 12.3. The molecule has 0 unspecified atom stereocenters. The van der Waals surface area contributed by atoms with Crippen LogP contribution in [0.5, 0.6) is 0 Å². The quantitative estimate of drug-likeness (QED) is 0.584. The molecule has 0 aliphatic carbocycles. The van der Waals surface area contributed by atoms with Gasteiger partial charge in [0.1, 0.15) is 0 Å². The topological polar surface area (TPSA) is 62.3 Å². The molecule has 0 aliphatic rings. The Labute approximate surface area is 185 Å². The molecule has 162 valence electrons. The third-order valence-electron chi connectivity index (χ3n) is 4.76. The van der Waals surface area contributed by atoms with Gasteiger partial charge in [-0.1, -0.05) is 63.2 Å². The van der Waals surface area contributed by atoms with E-state index in [9.17, 15) is 9.59 Å². The maximum Gasteiger partial charge on any atom is 0.251 e. The number of hydrogen-bond acceptors (Lipinski definition) is 3. The summed E-state index contributed by atoms with van der Waals surface area (Å²) in [5.41, 5.74) is 4.78. The highest BCUT2D eigenvalue weighted by Gasteiger charge is 2.08. The molecule has 1 N–H and O–H groups in total. The van der Waals surface area contributed by atoms with Crippen molar-refractivity contribution in [3.8, 4) is 11.1 Å². The summed E-state index contributed by atoms with van der Waals surface area (Å²) in [5, 5.41) is 2.90. The second kappa shape index (κ2) is 12.3. The monoisotopic (exact) mass is 417 g/mol. The number of amides is 2. The third kappa shape index (κ3) is 7.07. The number of carbonyl (C=O) groups excluding carboxylic acids is 2.